The van der Waals surface area contributed by atoms with Crippen molar-refractivity contribution in [1.29, 1.82) is 5.26 Å². The molecule has 2 rings (SSSR count). The van der Waals surface area contributed by atoms with E-state index in [0.29, 0.717) is 27.9 Å². The average molecular weight is 382 g/mol. The molecule has 1 heterocycles. The predicted molar refractivity (Wildman–Crippen MR) is 108 cm³/mol. The van der Waals surface area contributed by atoms with Crippen LogP contribution in [0, 0.1) is 17.2 Å². The number of anilines is 2. The molecule has 0 spiro atoms. The van der Waals surface area contributed by atoms with E-state index in [1.165, 1.54) is 18.7 Å². The highest BCUT2D eigenvalue weighted by atomic mass is 32.2. The number of thioether (sulfide) groups is 1. The molecule has 6 nitrogen and oxygen atoms in total. The van der Waals surface area contributed by atoms with E-state index >= 15 is 0 Å². The first kappa shape index (κ1) is 20.5. The van der Waals surface area contributed by atoms with Gasteiger partial charge in [0.15, 0.2) is 0 Å². The largest absolute Gasteiger partial charge is 0.326 e. The molecule has 0 bridgehead atoms. The minimum absolute atomic E-state index is 0.149. The van der Waals surface area contributed by atoms with Crippen LogP contribution in [0.3, 0.4) is 0 Å². The van der Waals surface area contributed by atoms with Crippen molar-refractivity contribution in [2.75, 3.05) is 16.4 Å². The van der Waals surface area contributed by atoms with E-state index < -0.39 is 0 Å². The first-order valence-corrected chi connectivity index (χ1v) is 9.56. The molecule has 2 N–H and O–H groups in total. The topological polar surface area (TPSA) is 94.9 Å². The molecule has 0 unspecified atom stereocenters. The molecule has 1 aromatic carbocycles. The normalized spacial score (nSPS) is 10.3. The molecule has 2 amide bonds. The van der Waals surface area contributed by atoms with Crippen molar-refractivity contribution in [3.8, 4) is 6.07 Å². The molecule has 0 radical (unpaired) electrons. The summed E-state index contributed by atoms with van der Waals surface area (Å²) in [7, 11) is 0. The van der Waals surface area contributed by atoms with Gasteiger partial charge >= 0.3 is 0 Å². The lowest BCUT2D eigenvalue weighted by molar-refractivity contribution is -0.114. The number of aromatic nitrogens is 1. The van der Waals surface area contributed by atoms with Crippen molar-refractivity contribution in [2.45, 2.75) is 32.2 Å². The number of nitrogens with zero attached hydrogens (tertiary/aromatic N) is 2. The van der Waals surface area contributed by atoms with Gasteiger partial charge in [-0.15, -0.1) is 0 Å². The van der Waals surface area contributed by atoms with Gasteiger partial charge in [-0.05, 0) is 48.7 Å². The number of carbonyl (C=O) groups is 2. The van der Waals surface area contributed by atoms with Crippen molar-refractivity contribution in [2.24, 2.45) is 5.92 Å². The molecule has 0 aliphatic rings. The van der Waals surface area contributed by atoms with Crippen LogP contribution in [-0.2, 0) is 16.0 Å². The highest BCUT2D eigenvalue weighted by Gasteiger charge is 2.11. The minimum Gasteiger partial charge on any atom is -0.326 e. The lowest BCUT2D eigenvalue weighted by Gasteiger charge is -2.09. The number of rotatable bonds is 7. The number of hydrogen-bond acceptors (Lipinski definition) is 5. The Bertz CT molecular complexity index is 857. The third kappa shape index (κ3) is 6.76. The summed E-state index contributed by atoms with van der Waals surface area (Å²) in [5, 5.41) is 15.3. The average Bonchev–Trinajstić information content (AvgIpc) is 2.61. The van der Waals surface area contributed by atoms with Crippen molar-refractivity contribution >= 4 is 35.0 Å². The van der Waals surface area contributed by atoms with Crippen molar-refractivity contribution < 1.29 is 9.59 Å². The first-order chi connectivity index (χ1) is 12.9. The highest BCUT2D eigenvalue weighted by molar-refractivity contribution is 8.00. The van der Waals surface area contributed by atoms with Gasteiger partial charge in [0.1, 0.15) is 11.1 Å². The second kappa shape index (κ2) is 9.74. The zero-order valence-electron chi connectivity index (χ0n) is 15.6. The van der Waals surface area contributed by atoms with Crippen molar-refractivity contribution in [1.82, 2.24) is 4.98 Å². The van der Waals surface area contributed by atoms with Gasteiger partial charge in [-0.2, -0.15) is 5.26 Å². The summed E-state index contributed by atoms with van der Waals surface area (Å²) in [5.41, 5.74) is 2.69. The standard InChI is InChI=1S/C20H22N4O2S/c1-13(2)10-18-5-4-15(11-21)20(24-18)27-12-19(26)23-17-8-6-16(7-9-17)22-14(3)25/h4-9,13H,10,12H2,1-3H3,(H,22,25)(H,23,26). The van der Waals surface area contributed by atoms with E-state index in [0.717, 1.165) is 12.1 Å². The molecule has 0 fully saturated rings. The fourth-order valence-electron chi connectivity index (χ4n) is 2.38. The lowest BCUT2D eigenvalue weighted by Crippen LogP contribution is -2.14. The van der Waals surface area contributed by atoms with E-state index in [-0.39, 0.29) is 17.6 Å². The van der Waals surface area contributed by atoms with Crippen LogP contribution in [0.2, 0.25) is 0 Å². The van der Waals surface area contributed by atoms with Gasteiger partial charge in [-0.3, -0.25) is 9.59 Å². The van der Waals surface area contributed by atoms with Crippen LogP contribution in [-0.4, -0.2) is 22.6 Å². The second-order valence-electron chi connectivity index (χ2n) is 6.46. The van der Waals surface area contributed by atoms with Gasteiger partial charge in [0, 0.05) is 24.0 Å². The molecule has 7 heteroatoms. The molecule has 2 aromatic rings. The summed E-state index contributed by atoms with van der Waals surface area (Å²) in [5.74, 6) is 0.281. The zero-order valence-corrected chi connectivity index (χ0v) is 16.4. The fraction of sp³-hybridized carbons (Fsp3) is 0.300. The summed E-state index contributed by atoms with van der Waals surface area (Å²) in [6.45, 7) is 5.65. The van der Waals surface area contributed by atoms with E-state index in [1.807, 2.05) is 6.07 Å². The minimum atomic E-state index is -0.188. The Balaban J connectivity index is 1.96. The van der Waals surface area contributed by atoms with Crippen LogP contribution < -0.4 is 10.6 Å². The fourth-order valence-corrected chi connectivity index (χ4v) is 3.17. The quantitative estimate of drug-likeness (QED) is 0.710. The molecular formula is C20H22N4O2S. The van der Waals surface area contributed by atoms with E-state index in [1.54, 1.807) is 30.3 Å². The van der Waals surface area contributed by atoms with Gasteiger partial charge in [0.05, 0.1) is 11.3 Å². The van der Waals surface area contributed by atoms with Gasteiger partial charge < -0.3 is 10.6 Å². The van der Waals surface area contributed by atoms with Gasteiger partial charge in [0.25, 0.3) is 0 Å². The number of nitriles is 1. The molecule has 0 aliphatic carbocycles. The first-order valence-electron chi connectivity index (χ1n) is 8.57. The zero-order chi connectivity index (χ0) is 19.8. The Morgan fingerprint density at radius 1 is 1.11 bits per heavy atom. The summed E-state index contributed by atoms with van der Waals surface area (Å²) in [6.07, 6.45) is 0.826. The summed E-state index contributed by atoms with van der Waals surface area (Å²) >= 11 is 1.25. The lowest BCUT2D eigenvalue weighted by atomic mass is 10.1. The molecule has 140 valence electrons. The van der Waals surface area contributed by atoms with Gasteiger partial charge in [-0.1, -0.05) is 25.6 Å². The summed E-state index contributed by atoms with van der Waals surface area (Å²) in [4.78, 5) is 27.7. The Kier molecular flexibility index (Phi) is 7.38. The second-order valence-corrected chi connectivity index (χ2v) is 7.42. The Labute approximate surface area is 163 Å². The monoisotopic (exact) mass is 382 g/mol. The van der Waals surface area contributed by atoms with E-state index in [2.05, 4.69) is 35.5 Å². The molecule has 1 aromatic heterocycles. The predicted octanol–water partition coefficient (Wildman–Crippen LogP) is 3.84. The number of nitrogens with one attached hydrogen (secondary N) is 2. The maximum Gasteiger partial charge on any atom is 0.234 e. The number of benzene rings is 1. The Hall–Kier alpha value is -2.85. The smallest absolute Gasteiger partial charge is 0.234 e. The van der Waals surface area contributed by atoms with Crippen molar-refractivity contribution in [3.63, 3.8) is 0 Å². The van der Waals surface area contributed by atoms with E-state index in [9.17, 15) is 14.9 Å². The van der Waals surface area contributed by atoms with Crippen LogP contribution in [0.5, 0.6) is 0 Å². The van der Waals surface area contributed by atoms with Gasteiger partial charge in [-0.25, -0.2) is 4.98 Å². The maximum absolute atomic E-state index is 12.2. The molecule has 27 heavy (non-hydrogen) atoms. The number of amides is 2. The third-order valence-electron chi connectivity index (χ3n) is 3.48. The van der Waals surface area contributed by atoms with Crippen LogP contribution in [0.15, 0.2) is 41.4 Å². The van der Waals surface area contributed by atoms with Crippen molar-refractivity contribution in [3.05, 3.63) is 47.7 Å². The maximum atomic E-state index is 12.2. The Morgan fingerprint density at radius 2 is 1.74 bits per heavy atom. The highest BCUT2D eigenvalue weighted by Crippen LogP contribution is 2.22. The Morgan fingerprint density at radius 3 is 2.30 bits per heavy atom. The SMILES string of the molecule is CC(=O)Nc1ccc(NC(=O)CSc2nc(CC(C)C)ccc2C#N)cc1. The van der Waals surface area contributed by atoms with Crippen LogP contribution >= 0.6 is 11.8 Å². The number of hydrogen-bond donors (Lipinski definition) is 2. The van der Waals surface area contributed by atoms with Crippen LogP contribution in [0.1, 0.15) is 32.0 Å². The summed E-state index contributed by atoms with van der Waals surface area (Å²) < 4.78 is 0. The molecule has 0 saturated heterocycles. The molecular weight excluding hydrogens is 360 g/mol. The summed E-state index contributed by atoms with van der Waals surface area (Å²) in [6, 6.07) is 12.6. The number of pyridine rings is 1. The molecule has 0 atom stereocenters. The van der Waals surface area contributed by atoms with Crippen LogP contribution in [0.4, 0.5) is 11.4 Å². The number of carbonyl (C=O) groups excluding carboxylic acids is 2. The molecule has 0 aliphatic heterocycles. The van der Waals surface area contributed by atoms with Gasteiger partial charge in [0.2, 0.25) is 11.8 Å². The third-order valence-corrected chi connectivity index (χ3v) is 4.48. The van der Waals surface area contributed by atoms with E-state index in [4.69, 9.17) is 0 Å². The molecule has 0 saturated carbocycles. The van der Waals surface area contributed by atoms with Crippen LogP contribution in [0.25, 0.3) is 0 Å².